The fourth-order valence-corrected chi connectivity index (χ4v) is 7.00. The number of nitrogens with zero attached hydrogens (tertiary/aromatic N) is 5. The second-order valence-electron chi connectivity index (χ2n) is 9.53. The van der Waals surface area contributed by atoms with Crippen molar-refractivity contribution in [2.24, 2.45) is 5.16 Å². The molecule has 1 aliphatic carbocycles. The third-order valence-electron chi connectivity index (χ3n) is 7.04. The minimum atomic E-state index is -1.18. The molecule has 14 heteroatoms. The summed E-state index contributed by atoms with van der Waals surface area (Å²) in [6.07, 6.45) is 9.39. The highest BCUT2D eigenvalue weighted by atomic mass is 32.2. The lowest BCUT2D eigenvalue weighted by molar-refractivity contribution is -0.662. The highest BCUT2D eigenvalue weighted by Crippen LogP contribution is 2.40. The highest BCUT2D eigenvalue weighted by Gasteiger charge is 2.54. The van der Waals surface area contributed by atoms with E-state index in [-0.39, 0.29) is 28.3 Å². The van der Waals surface area contributed by atoms with Gasteiger partial charge in [-0.25, -0.2) is 18.7 Å². The van der Waals surface area contributed by atoms with Crippen LogP contribution in [0.3, 0.4) is 0 Å². The quantitative estimate of drug-likeness (QED) is 0.159. The predicted molar refractivity (Wildman–Crippen MR) is 144 cm³/mol. The van der Waals surface area contributed by atoms with Crippen LogP contribution in [-0.2, 0) is 25.8 Å². The van der Waals surface area contributed by atoms with E-state index in [1.165, 1.54) is 28.0 Å². The molecular weight excluding hydrogens is 542 g/mol. The summed E-state index contributed by atoms with van der Waals surface area (Å²) in [5.74, 6) is -1.90. The largest absolute Gasteiger partial charge is 0.477 e. The molecule has 0 spiro atoms. The van der Waals surface area contributed by atoms with E-state index in [2.05, 4.69) is 15.5 Å². The molecule has 1 saturated carbocycles. The van der Waals surface area contributed by atoms with E-state index in [4.69, 9.17) is 10.6 Å². The zero-order chi connectivity index (χ0) is 27.1. The Balaban J connectivity index is 1.21. The van der Waals surface area contributed by atoms with Crippen molar-refractivity contribution in [2.45, 2.75) is 49.7 Å². The number of amides is 2. The summed E-state index contributed by atoms with van der Waals surface area (Å²) in [6.45, 7) is 0.323. The van der Waals surface area contributed by atoms with Crippen LogP contribution in [0.15, 0.2) is 58.6 Å². The molecule has 3 aromatic heterocycles. The first-order valence-electron chi connectivity index (χ1n) is 12.5. The molecular formula is C25H26N7O5S2+. The van der Waals surface area contributed by atoms with Crippen molar-refractivity contribution < 1.29 is 28.9 Å². The number of carboxylic acids is 1. The average Bonchev–Trinajstić information content (AvgIpc) is 3.69. The maximum Gasteiger partial charge on any atom is 0.352 e. The Morgan fingerprint density at radius 1 is 1.28 bits per heavy atom. The molecule has 2 atom stereocenters. The lowest BCUT2D eigenvalue weighted by Gasteiger charge is -2.49. The van der Waals surface area contributed by atoms with Gasteiger partial charge in [-0.1, -0.05) is 11.2 Å². The van der Waals surface area contributed by atoms with E-state index in [1.54, 1.807) is 5.38 Å². The molecule has 2 amide bonds. The van der Waals surface area contributed by atoms with Crippen molar-refractivity contribution in [3.8, 4) is 0 Å². The van der Waals surface area contributed by atoms with Crippen LogP contribution in [0, 0.1) is 0 Å². The van der Waals surface area contributed by atoms with Crippen molar-refractivity contribution in [3.63, 3.8) is 0 Å². The Hall–Kier alpha value is -3.91. The van der Waals surface area contributed by atoms with Gasteiger partial charge in [0.25, 0.3) is 17.5 Å². The van der Waals surface area contributed by atoms with Crippen molar-refractivity contribution in [3.05, 3.63) is 59.1 Å². The zero-order valence-electron chi connectivity index (χ0n) is 20.7. The van der Waals surface area contributed by atoms with E-state index in [0.717, 1.165) is 31.3 Å². The highest BCUT2D eigenvalue weighted by molar-refractivity contribution is 8.00. The topological polar surface area (TPSA) is 155 Å². The van der Waals surface area contributed by atoms with E-state index in [0.29, 0.717) is 17.9 Å². The number of imidazole rings is 1. The summed E-state index contributed by atoms with van der Waals surface area (Å²) in [5.41, 5.74) is 7.45. The van der Waals surface area contributed by atoms with Crippen LogP contribution < -0.4 is 15.6 Å². The molecule has 0 bridgehead atoms. The minimum Gasteiger partial charge on any atom is -0.477 e. The number of oxime groups is 1. The van der Waals surface area contributed by atoms with Gasteiger partial charge in [-0.15, -0.1) is 23.1 Å². The number of nitrogens with two attached hydrogens (primary N) is 1. The van der Waals surface area contributed by atoms with E-state index < -0.39 is 29.2 Å². The molecule has 2 aliphatic heterocycles. The lowest BCUT2D eigenvalue weighted by Crippen LogP contribution is -2.71. The Labute approximate surface area is 231 Å². The molecule has 4 N–H and O–H groups in total. The maximum atomic E-state index is 13.3. The van der Waals surface area contributed by atoms with Gasteiger partial charge in [-0.3, -0.25) is 14.5 Å². The molecule has 39 heavy (non-hydrogen) atoms. The van der Waals surface area contributed by atoms with E-state index in [9.17, 15) is 19.5 Å². The standard InChI is InChI=1S/C25H25N7O5S2/c26-25-27-16(13-39-25)18(29-37-15-5-1-2-6-15)21(33)28-19-22(34)32-20(24(35)36)14(12-38-23(19)32)11-31-10-9-30-8-4-3-7-17(30)31/h3-4,7-10,13,15,19,23H,1-2,5-6,11-12H2,(H3-,26,27,28,33,35,36)/p+1/b29-18+/t19-,23-/m1/s1. The van der Waals surface area contributed by atoms with Crippen LogP contribution in [0.4, 0.5) is 5.13 Å². The first kappa shape index (κ1) is 25.4. The number of thioether (sulfide) groups is 1. The summed E-state index contributed by atoms with van der Waals surface area (Å²) >= 11 is 2.58. The SMILES string of the molecule is Nc1nc(/C(=N\OC2CCCC2)C(=O)N[C@@H]2C(=O)N3C(C(=O)O)=C(C[n+]4ccn5ccccc54)CS[C@H]23)cs1. The number of hydrogen-bond donors (Lipinski definition) is 3. The number of rotatable bonds is 8. The molecule has 5 heterocycles. The first-order valence-corrected chi connectivity index (χ1v) is 14.4. The Kier molecular flexibility index (Phi) is 6.73. The lowest BCUT2D eigenvalue weighted by atomic mass is 10.0. The van der Waals surface area contributed by atoms with Crippen molar-refractivity contribution in [2.75, 3.05) is 11.5 Å². The van der Waals surface area contributed by atoms with Gasteiger partial charge in [-0.2, -0.15) is 0 Å². The smallest absolute Gasteiger partial charge is 0.352 e. The molecule has 3 aromatic rings. The number of thiazole rings is 1. The second kappa shape index (κ2) is 10.3. The van der Waals surface area contributed by atoms with Crippen LogP contribution in [0.2, 0.25) is 0 Å². The summed E-state index contributed by atoms with van der Waals surface area (Å²) in [4.78, 5) is 49.9. The number of anilines is 1. The van der Waals surface area contributed by atoms with Gasteiger partial charge < -0.3 is 21.0 Å². The number of fused-ring (bicyclic) bond motifs is 2. The summed E-state index contributed by atoms with van der Waals surface area (Å²) < 4.78 is 3.88. The van der Waals surface area contributed by atoms with Gasteiger partial charge in [-0.05, 0) is 31.7 Å². The number of pyridine rings is 1. The Morgan fingerprint density at radius 3 is 2.85 bits per heavy atom. The van der Waals surface area contributed by atoms with Crippen LogP contribution in [-0.4, -0.2) is 66.2 Å². The number of aliphatic carboxylic acids is 1. The second-order valence-corrected chi connectivity index (χ2v) is 11.5. The van der Waals surface area contributed by atoms with Crippen molar-refractivity contribution in [1.29, 1.82) is 0 Å². The fourth-order valence-electron chi connectivity index (χ4n) is 5.12. The summed E-state index contributed by atoms with van der Waals surface area (Å²) in [6, 6.07) is 4.85. The molecule has 6 rings (SSSR count). The number of carbonyl (C=O) groups excluding carboxylic acids is 2. The number of carboxylic acid groups (broad SMARTS) is 1. The van der Waals surface area contributed by atoms with Gasteiger partial charge >= 0.3 is 5.97 Å². The number of nitrogen functional groups attached to an aromatic ring is 1. The first-order chi connectivity index (χ1) is 18.9. The zero-order valence-corrected chi connectivity index (χ0v) is 22.4. The van der Waals surface area contributed by atoms with Crippen LogP contribution in [0.5, 0.6) is 0 Å². The van der Waals surface area contributed by atoms with Gasteiger partial charge in [0.1, 0.15) is 47.8 Å². The van der Waals surface area contributed by atoms with Gasteiger partial charge in [0.05, 0.1) is 6.20 Å². The third kappa shape index (κ3) is 4.74. The normalized spacial score (nSPS) is 21.7. The molecule has 0 radical (unpaired) electrons. The van der Waals surface area contributed by atoms with E-state index >= 15 is 0 Å². The van der Waals surface area contributed by atoms with Crippen molar-refractivity contribution >= 4 is 57.4 Å². The minimum absolute atomic E-state index is 0.0391. The number of β-lactam (4-membered cyclic amide) rings is 1. The Bertz CT molecular complexity index is 1520. The molecule has 0 aromatic carbocycles. The van der Waals surface area contributed by atoms with Gasteiger partial charge in [0.2, 0.25) is 0 Å². The number of nitrogens with one attached hydrogen (secondary N) is 1. The van der Waals surface area contributed by atoms with Crippen LogP contribution in [0.25, 0.3) is 5.65 Å². The van der Waals surface area contributed by atoms with Crippen LogP contribution >= 0.6 is 23.1 Å². The van der Waals surface area contributed by atoms with E-state index in [1.807, 2.05) is 45.8 Å². The molecule has 0 unspecified atom stereocenters. The molecule has 1 saturated heterocycles. The number of aromatic nitrogens is 3. The monoisotopic (exact) mass is 568 g/mol. The summed E-state index contributed by atoms with van der Waals surface area (Å²) in [5, 5.41) is 18.2. The number of carbonyl (C=O) groups is 3. The molecule has 3 aliphatic rings. The molecule has 12 nitrogen and oxygen atoms in total. The fraction of sp³-hybridized carbons (Fsp3) is 0.360. The third-order valence-corrected chi connectivity index (χ3v) is 9.06. The van der Waals surface area contributed by atoms with Crippen LogP contribution in [0.1, 0.15) is 31.4 Å². The Morgan fingerprint density at radius 2 is 2.10 bits per heavy atom. The molecule has 2 fully saturated rings. The predicted octanol–water partition coefficient (Wildman–Crippen LogP) is 1.37. The van der Waals surface area contributed by atoms with Gasteiger partial charge in [0, 0.05) is 22.8 Å². The maximum absolute atomic E-state index is 13.3. The number of hydrogen-bond acceptors (Lipinski definition) is 9. The van der Waals surface area contributed by atoms with Gasteiger partial charge in [0.15, 0.2) is 10.8 Å². The molecule has 202 valence electrons. The summed E-state index contributed by atoms with van der Waals surface area (Å²) in [7, 11) is 0. The van der Waals surface area contributed by atoms with Crippen molar-refractivity contribution in [1.82, 2.24) is 19.6 Å². The average molecular weight is 569 g/mol.